The predicted octanol–water partition coefficient (Wildman–Crippen LogP) is 1.06. The van der Waals surface area contributed by atoms with Gasteiger partial charge in [0.1, 0.15) is 5.75 Å². The van der Waals surface area contributed by atoms with Gasteiger partial charge in [-0.2, -0.15) is 0 Å². The quantitative estimate of drug-likeness (QED) is 0.743. The lowest BCUT2D eigenvalue weighted by Gasteiger charge is -2.28. The topological polar surface area (TPSA) is 38.8 Å². The van der Waals surface area contributed by atoms with Gasteiger partial charge in [0, 0.05) is 13.7 Å². The number of rotatable bonds is 3. The third-order valence-electron chi connectivity index (χ3n) is 2.33. The number of carbonyl (C=O) groups is 1. The minimum absolute atomic E-state index is 0.0225. The van der Waals surface area contributed by atoms with Crippen LogP contribution in [0.4, 0.5) is 5.69 Å². The van der Waals surface area contributed by atoms with Gasteiger partial charge in [-0.05, 0) is 12.1 Å². The number of hydrogen-bond donors (Lipinski definition) is 0. The highest BCUT2D eigenvalue weighted by Crippen LogP contribution is 2.30. The van der Waals surface area contributed by atoms with E-state index in [1.165, 1.54) is 0 Å². The smallest absolute Gasteiger partial charge is 0.265 e. The Labute approximate surface area is 88.4 Å². The molecule has 0 aromatic heterocycles. The molecule has 0 atom stereocenters. The maximum absolute atomic E-state index is 11.6. The molecule has 0 fully saturated rings. The van der Waals surface area contributed by atoms with E-state index in [1.807, 2.05) is 24.3 Å². The average Bonchev–Trinajstić information content (AvgIpc) is 2.28. The van der Waals surface area contributed by atoms with Crippen molar-refractivity contribution in [3.05, 3.63) is 24.3 Å². The first kappa shape index (κ1) is 9.98. The molecule has 0 unspecified atom stereocenters. The summed E-state index contributed by atoms with van der Waals surface area (Å²) in [4.78, 5) is 13.3. The first-order valence-electron chi connectivity index (χ1n) is 4.84. The molecule has 1 aliphatic rings. The second-order valence-corrected chi connectivity index (χ2v) is 3.29. The molecule has 0 N–H and O–H groups in total. The van der Waals surface area contributed by atoms with Crippen LogP contribution in [0.5, 0.6) is 5.75 Å². The van der Waals surface area contributed by atoms with Crippen LogP contribution >= 0.6 is 0 Å². The van der Waals surface area contributed by atoms with Crippen molar-refractivity contribution in [1.82, 2.24) is 0 Å². The van der Waals surface area contributed by atoms with E-state index in [1.54, 1.807) is 12.0 Å². The normalized spacial score (nSPS) is 14.7. The third kappa shape index (κ3) is 1.94. The molecule has 15 heavy (non-hydrogen) atoms. The maximum atomic E-state index is 11.6. The Morgan fingerprint density at radius 1 is 1.47 bits per heavy atom. The molecule has 0 saturated heterocycles. The molecule has 1 aromatic rings. The summed E-state index contributed by atoms with van der Waals surface area (Å²) in [5.41, 5.74) is 0.825. The number of amides is 1. The maximum Gasteiger partial charge on any atom is 0.265 e. The molecule has 0 bridgehead atoms. The van der Waals surface area contributed by atoms with E-state index in [4.69, 9.17) is 9.47 Å². The van der Waals surface area contributed by atoms with Crippen molar-refractivity contribution in [2.45, 2.75) is 0 Å². The number of hydrogen-bond acceptors (Lipinski definition) is 3. The lowest BCUT2D eigenvalue weighted by atomic mass is 10.2. The zero-order valence-corrected chi connectivity index (χ0v) is 8.60. The Bertz CT molecular complexity index is 365. The van der Waals surface area contributed by atoms with E-state index in [9.17, 15) is 4.79 Å². The van der Waals surface area contributed by atoms with Gasteiger partial charge in [0.15, 0.2) is 6.61 Å². The summed E-state index contributed by atoms with van der Waals surface area (Å²) in [5, 5.41) is 0. The van der Waals surface area contributed by atoms with Gasteiger partial charge in [-0.1, -0.05) is 12.1 Å². The highest BCUT2D eigenvalue weighted by Gasteiger charge is 2.24. The summed E-state index contributed by atoms with van der Waals surface area (Å²) in [6.07, 6.45) is 0. The van der Waals surface area contributed by atoms with Crippen LogP contribution < -0.4 is 9.64 Å². The van der Waals surface area contributed by atoms with Gasteiger partial charge in [-0.25, -0.2) is 0 Å². The van der Waals surface area contributed by atoms with Gasteiger partial charge >= 0.3 is 0 Å². The SMILES string of the molecule is COCCN1C(=O)COc2ccccc21. The van der Waals surface area contributed by atoms with Crippen LogP contribution in [0, 0.1) is 0 Å². The van der Waals surface area contributed by atoms with E-state index in [-0.39, 0.29) is 12.5 Å². The van der Waals surface area contributed by atoms with Crippen molar-refractivity contribution in [3.8, 4) is 5.75 Å². The Morgan fingerprint density at radius 2 is 2.27 bits per heavy atom. The van der Waals surface area contributed by atoms with E-state index >= 15 is 0 Å². The highest BCUT2D eigenvalue weighted by atomic mass is 16.5. The largest absolute Gasteiger partial charge is 0.482 e. The van der Waals surface area contributed by atoms with Crippen molar-refractivity contribution in [1.29, 1.82) is 0 Å². The van der Waals surface area contributed by atoms with Gasteiger partial charge in [0.05, 0.1) is 12.3 Å². The number of anilines is 1. The minimum Gasteiger partial charge on any atom is -0.482 e. The van der Waals surface area contributed by atoms with Gasteiger partial charge in [-0.15, -0.1) is 0 Å². The molecule has 0 saturated carbocycles. The van der Waals surface area contributed by atoms with Crippen molar-refractivity contribution in [3.63, 3.8) is 0 Å². The van der Waals surface area contributed by atoms with Crippen LogP contribution in [0.2, 0.25) is 0 Å². The molecular weight excluding hydrogens is 194 g/mol. The number of para-hydroxylation sites is 2. The highest BCUT2D eigenvalue weighted by molar-refractivity contribution is 5.97. The van der Waals surface area contributed by atoms with Crippen LogP contribution in [-0.4, -0.2) is 32.8 Å². The molecule has 2 rings (SSSR count). The molecule has 0 spiro atoms. The first-order chi connectivity index (χ1) is 7.33. The molecule has 1 heterocycles. The van der Waals surface area contributed by atoms with Crippen LogP contribution in [0.25, 0.3) is 0 Å². The third-order valence-corrected chi connectivity index (χ3v) is 2.33. The molecule has 0 radical (unpaired) electrons. The second-order valence-electron chi connectivity index (χ2n) is 3.29. The molecule has 4 nitrogen and oxygen atoms in total. The summed E-state index contributed by atoms with van der Waals surface area (Å²) in [6.45, 7) is 1.20. The lowest BCUT2D eigenvalue weighted by molar-refractivity contribution is -0.121. The lowest BCUT2D eigenvalue weighted by Crippen LogP contribution is -2.40. The van der Waals surface area contributed by atoms with Gasteiger partial charge in [0.25, 0.3) is 5.91 Å². The second kappa shape index (κ2) is 4.31. The fourth-order valence-corrected chi connectivity index (χ4v) is 1.58. The molecular formula is C11H13NO3. The Kier molecular flexibility index (Phi) is 2.87. The van der Waals surface area contributed by atoms with Crippen LogP contribution in [0.1, 0.15) is 0 Å². The van der Waals surface area contributed by atoms with Gasteiger partial charge in [0.2, 0.25) is 0 Å². The summed E-state index contributed by atoms with van der Waals surface area (Å²) in [5.74, 6) is 0.735. The summed E-state index contributed by atoms with van der Waals surface area (Å²) < 4.78 is 10.3. The fourth-order valence-electron chi connectivity index (χ4n) is 1.58. The van der Waals surface area contributed by atoms with Crippen molar-refractivity contribution < 1.29 is 14.3 Å². The number of ether oxygens (including phenoxy) is 2. The monoisotopic (exact) mass is 207 g/mol. The molecule has 1 amide bonds. The van der Waals surface area contributed by atoms with Crippen molar-refractivity contribution in [2.75, 3.05) is 31.8 Å². The van der Waals surface area contributed by atoms with E-state index in [2.05, 4.69) is 0 Å². The van der Waals surface area contributed by atoms with Crippen LogP contribution in [0.3, 0.4) is 0 Å². The standard InChI is InChI=1S/C11H13NO3/c1-14-7-6-12-9-4-2-3-5-10(9)15-8-11(12)13/h2-5H,6-8H2,1H3. The number of fused-ring (bicyclic) bond motifs is 1. The Hall–Kier alpha value is -1.55. The van der Waals surface area contributed by atoms with Crippen LogP contribution in [0.15, 0.2) is 24.3 Å². The van der Waals surface area contributed by atoms with E-state index in [0.29, 0.717) is 13.2 Å². The average molecular weight is 207 g/mol. The predicted molar refractivity (Wildman–Crippen MR) is 56.2 cm³/mol. The summed E-state index contributed by atoms with van der Waals surface area (Å²) in [7, 11) is 1.62. The summed E-state index contributed by atoms with van der Waals surface area (Å²) in [6, 6.07) is 7.52. The molecule has 0 aliphatic carbocycles. The van der Waals surface area contributed by atoms with Gasteiger partial charge < -0.3 is 14.4 Å². The summed E-state index contributed by atoms with van der Waals surface area (Å²) >= 11 is 0. The zero-order chi connectivity index (χ0) is 10.7. The van der Waals surface area contributed by atoms with Crippen molar-refractivity contribution in [2.24, 2.45) is 0 Å². The zero-order valence-electron chi connectivity index (χ0n) is 8.60. The Balaban J connectivity index is 2.25. The van der Waals surface area contributed by atoms with Crippen molar-refractivity contribution >= 4 is 11.6 Å². The van der Waals surface area contributed by atoms with Crippen LogP contribution in [-0.2, 0) is 9.53 Å². The van der Waals surface area contributed by atoms with E-state index in [0.717, 1.165) is 11.4 Å². The molecule has 80 valence electrons. The fraction of sp³-hybridized carbons (Fsp3) is 0.364. The van der Waals surface area contributed by atoms with E-state index < -0.39 is 0 Å². The molecule has 1 aliphatic heterocycles. The van der Waals surface area contributed by atoms with Gasteiger partial charge in [-0.3, -0.25) is 4.79 Å². The molecule has 1 aromatic carbocycles. The number of methoxy groups -OCH3 is 1. The first-order valence-corrected chi connectivity index (χ1v) is 4.84. The number of carbonyl (C=O) groups excluding carboxylic acids is 1. The molecule has 4 heteroatoms. The number of nitrogens with zero attached hydrogens (tertiary/aromatic N) is 1. The Morgan fingerprint density at radius 3 is 3.07 bits per heavy atom. The number of benzene rings is 1. The minimum atomic E-state index is -0.0225.